The van der Waals surface area contributed by atoms with Gasteiger partial charge in [0.1, 0.15) is 0 Å². The van der Waals surface area contributed by atoms with Crippen LogP contribution in [0.2, 0.25) is 10.0 Å². The van der Waals surface area contributed by atoms with Gasteiger partial charge in [0.25, 0.3) is 0 Å². The van der Waals surface area contributed by atoms with Crippen LogP contribution in [0, 0.1) is 3.57 Å². The van der Waals surface area contributed by atoms with Crippen molar-refractivity contribution in [2.75, 3.05) is 5.32 Å². The molecule has 0 spiro atoms. The molecule has 5 heteroatoms. The summed E-state index contributed by atoms with van der Waals surface area (Å²) < 4.78 is 2.24. The second kappa shape index (κ2) is 6.46. The minimum absolute atomic E-state index is 0.607. The van der Waals surface area contributed by atoms with E-state index in [4.69, 9.17) is 23.2 Å². The maximum atomic E-state index is 6.12. The number of rotatable bonds is 3. The third-order valence-electron chi connectivity index (χ3n) is 2.45. The van der Waals surface area contributed by atoms with Gasteiger partial charge in [0.2, 0.25) is 0 Å². The fraction of sp³-hybridized carbons (Fsp3) is 0.0769. The second-order valence-electron chi connectivity index (χ2n) is 3.68. The van der Waals surface area contributed by atoms with E-state index in [1.54, 1.807) is 0 Å². The number of hydrogen-bond donors (Lipinski definition) is 1. The zero-order valence-corrected chi connectivity index (χ0v) is 14.4. The SMILES string of the molecule is Clc1cccc(Cl)c1CNc1ccc(Br)c(I)c1. The van der Waals surface area contributed by atoms with Crippen LogP contribution in [0.15, 0.2) is 40.9 Å². The van der Waals surface area contributed by atoms with Gasteiger partial charge < -0.3 is 5.32 Å². The van der Waals surface area contributed by atoms with Crippen LogP contribution in [0.5, 0.6) is 0 Å². The molecule has 0 amide bonds. The lowest BCUT2D eigenvalue weighted by Crippen LogP contribution is -2.01. The molecule has 0 heterocycles. The van der Waals surface area contributed by atoms with Crippen LogP contribution in [0.1, 0.15) is 5.56 Å². The van der Waals surface area contributed by atoms with Crippen LogP contribution in [-0.4, -0.2) is 0 Å². The summed E-state index contributed by atoms with van der Waals surface area (Å²) in [6, 6.07) is 11.6. The van der Waals surface area contributed by atoms with Crippen molar-refractivity contribution in [2.45, 2.75) is 6.54 Å². The van der Waals surface area contributed by atoms with Crippen molar-refractivity contribution < 1.29 is 0 Å². The Kier molecular flexibility index (Phi) is 5.18. The van der Waals surface area contributed by atoms with Gasteiger partial charge >= 0.3 is 0 Å². The number of nitrogens with one attached hydrogen (secondary N) is 1. The normalized spacial score (nSPS) is 10.4. The second-order valence-corrected chi connectivity index (χ2v) is 6.51. The van der Waals surface area contributed by atoms with Crippen molar-refractivity contribution in [3.05, 3.63) is 60.0 Å². The molecule has 0 aliphatic rings. The minimum atomic E-state index is 0.607. The number of benzene rings is 2. The molecule has 0 aromatic heterocycles. The summed E-state index contributed by atoms with van der Waals surface area (Å²) in [5.41, 5.74) is 1.96. The first-order chi connectivity index (χ1) is 8.58. The Morgan fingerprint density at radius 1 is 1.11 bits per heavy atom. The maximum Gasteiger partial charge on any atom is 0.0470 e. The Balaban J connectivity index is 2.14. The first-order valence-electron chi connectivity index (χ1n) is 5.20. The Morgan fingerprint density at radius 3 is 2.39 bits per heavy atom. The third-order valence-corrected chi connectivity index (χ3v) is 5.48. The molecule has 0 saturated carbocycles. The minimum Gasteiger partial charge on any atom is -0.381 e. The van der Waals surface area contributed by atoms with Crippen LogP contribution in [0.4, 0.5) is 5.69 Å². The number of hydrogen-bond acceptors (Lipinski definition) is 1. The molecule has 2 aromatic rings. The predicted octanol–water partition coefficient (Wildman–Crippen LogP) is 5.97. The van der Waals surface area contributed by atoms with Gasteiger partial charge in [0.15, 0.2) is 0 Å². The van der Waals surface area contributed by atoms with E-state index >= 15 is 0 Å². The van der Waals surface area contributed by atoms with Gasteiger partial charge in [-0.2, -0.15) is 0 Å². The quantitative estimate of drug-likeness (QED) is 0.561. The summed E-state index contributed by atoms with van der Waals surface area (Å²) in [6.07, 6.45) is 0. The van der Waals surface area contributed by atoms with Gasteiger partial charge in [-0.05, 0) is 68.9 Å². The summed E-state index contributed by atoms with van der Waals surface area (Å²) in [4.78, 5) is 0. The lowest BCUT2D eigenvalue weighted by atomic mass is 10.2. The monoisotopic (exact) mass is 455 g/mol. The number of halogens is 4. The molecule has 18 heavy (non-hydrogen) atoms. The van der Waals surface area contributed by atoms with Gasteiger partial charge in [-0.15, -0.1) is 0 Å². The molecular weight excluding hydrogens is 448 g/mol. The Bertz CT molecular complexity index is 555. The smallest absolute Gasteiger partial charge is 0.0470 e. The maximum absolute atomic E-state index is 6.12. The Labute approximate surface area is 138 Å². The molecule has 2 rings (SSSR count). The van der Waals surface area contributed by atoms with E-state index in [0.29, 0.717) is 16.6 Å². The first-order valence-corrected chi connectivity index (χ1v) is 7.82. The highest BCUT2D eigenvalue weighted by molar-refractivity contribution is 14.1. The standard InChI is InChI=1S/C13H9BrCl2IN/c14-10-5-4-8(6-13(10)17)18-7-9-11(15)2-1-3-12(9)16/h1-6,18H,7H2. The zero-order chi connectivity index (χ0) is 13.1. The van der Waals surface area contributed by atoms with E-state index in [-0.39, 0.29) is 0 Å². The van der Waals surface area contributed by atoms with E-state index in [0.717, 1.165) is 19.3 Å². The molecule has 0 bridgehead atoms. The third kappa shape index (κ3) is 3.53. The van der Waals surface area contributed by atoms with E-state index in [9.17, 15) is 0 Å². The van der Waals surface area contributed by atoms with E-state index in [1.165, 1.54) is 0 Å². The molecule has 94 valence electrons. The summed E-state index contributed by atoms with van der Waals surface area (Å²) in [5, 5.41) is 4.68. The van der Waals surface area contributed by atoms with Crippen molar-refractivity contribution in [3.63, 3.8) is 0 Å². The fourth-order valence-corrected chi connectivity index (χ4v) is 2.79. The lowest BCUT2D eigenvalue weighted by molar-refractivity contribution is 1.15. The lowest BCUT2D eigenvalue weighted by Gasteiger charge is -2.10. The van der Waals surface area contributed by atoms with Crippen molar-refractivity contribution in [1.29, 1.82) is 0 Å². The molecule has 0 radical (unpaired) electrons. The van der Waals surface area contributed by atoms with Gasteiger partial charge in [0.05, 0.1) is 0 Å². The molecule has 1 N–H and O–H groups in total. The van der Waals surface area contributed by atoms with Gasteiger partial charge in [-0.1, -0.05) is 29.3 Å². The fourth-order valence-electron chi connectivity index (χ4n) is 1.50. The van der Waals surface area contributed by atoms with Crippen LogP contribution >= 0.6 is 61.7 Å². The van der Waals surface area contributed by atoms with Crippen LogP contribution in [0.3, 0.4) is 0 Å². The van der Waals surface area contributed by atoms with Crippen molar-refractivity contribution >= 4 is 67.4 Å². The summed E-state index contributed by atoms with van der Waals surface area (Å²) >= 11 is 18.0. The Morgan fingerprint density at radius 2 is 1.78 bits per heavy atom. The predicted molar refractivity (Wildman–Crippen MR) is 90.6 cm³/mol. The summed E-state index contributed by atoms with van der Waals surface area (Å²) in [6.45, 7) is 0.607. The van der Waals surface area contributed by atoms with E-state index in [2.05, 4.69) is 49.9 Å². The van der Waals surface area contributed by atoms with E-state index < -0.39 is 0 Å². The average molecular weight is 457 g/mol. The van der Waals surface area contributed by atoms with Crippen molar-refractivity contribution in [3.8, 4) is 0 Å². The molecule has 0 saturated heterocycles. The van der Waals surface area contributed by atoms with Crippen molar-refractivity contribution in [2.24, 2.45) is 0 Å². The topological polar surface area (TPSA) is 12.0 Å². The van der Waals surface area contributed by atoms with E-state index in [1.807, 2.05) is 30.3 Å². The van der Waals surface area contributed by atoms with Crippen LogP contribution in [0.25, 0.3) is 0 Å². The largest absolute Gasteiger partial charge is 0.381 e. The molecule has 0 aliphatic heterocycles. The summed E-state index contributed by atoms with van der Waals surface area (Å²) in [7, 11) is 0. The van der Waals surface area contributed by atoms with Gasteiger partial charge in [-0.3, -0.25) is 0 Å². The Hall–Kier alpha value is 0.0300. The highest BCUT2D eigenvalue weighted by atomic mass is 127. The highest BCUT2D eigenvalue weighted by Crippen LogP contribution is 2.26. The molecule has 0 aliphatic carbocycles. The van der Waals surface area contributed by atoms with Crippen molar-refractivity contribution in [1.82, 2.24) is 0 Å². The van der Waals surface area contributed by atoms with Gasteiger partial charge in [-0.25, -0.2) is 0 Å². The molecule has 0 atom stereocenters. The molecule has 0 fully saturated rings. The average Bonchev–Trinajstić information content (AvgIpc) is 2.33. The molecule has 2 aromatic carbocycles. The molecular formula is C13H9BrCl2IN. The van der Waals surface area contributed by atoms with Crippen LogP contribution < -0.4 is 5.32 Å². The van der Waals surface area contributed by atoms with Gasteiger partial charge in [0, 0.05) is 35.9 Å². The molecule has 1 nitrogen and oxygen atoms in total. The number of anilines is 1. The summed E-state index contributed by atoms with van der Waals surface area (Å²) in [5.74, 6) is 0. The highest BCUT2D eigenvalue weighted by Gasteiger charge is 2.05. The van der Waals surface area contributed by atoms with Crippen LogP contribution in [-0.2, 0) is 6.54 Å². The zero-order valence-electron chi connectivity index (χ0n) is 9.18. The first kappa shape index (κ1) is 14.4. The molecule has 0 unspecified atom stereocenters.